The number of rotatable bonds is 15. The molecule has 1 aromatic rings. The van der Waals surface area contributed by atoms with Crippen molar-refractivity contribution in [3.8, 4) is 0 Å². The van der Waals surface area contributed by atoms with Crippen LogP contribution in [0.2, 0.25) is 0 Å². The molecule has 4 nitrogen and oxygen atoms in total. The van der Waals surface area contributed by atoms with Gasteiger partial charge in [-0.15, -0.1) is 0 Å². The summed E-state index contributed by atoms with van der Waals surface area (Å²) >= 11 is 0. The summed E-state index contributed by atoms with van der Waals surface area (Å²) in [4.78, 5) is 24.9. The number of carbonyl (C=O) groups excluding carboxylic acids is 2. The van der Waals surface area contributed by atoms with E-state index in [0.29, 0.717) is 12.2 Å². The fraction of sp³-hybridized carbons (Fsp3) is 0.680. The second kappa shape index (κ2) is 15.1. The van der Waals surface area contributed by atoms with Crippen LogP contribution >= 0.6 is 0 Å². The number of amides is 1. The largest absolute Gasteiger partial charge is 0.464 e. The van der Waals surface area contributed by atoms with Crippen LogP contribution in [0.1, 0.15) is 101 Å². The Morgan fingerprint density at radius 3 is 2.07 bits per heavy atom. The first-order valence-corrected chi connectivity index (χ1v) is 11.5. The third kappa shape index (κ3) is 11.1. The molecule has 0 spiro atoms. The summed E-state index contributed by atoms with van der Waals surface area (Å²) in [6, 6.07) is 6.75. The molecule has 0 heterocycles. The number of carbonyl (C=O) groups is 2. The lowest BCUT2D eigenvalue weighted by Gasteiger charge is -2.21. The highest BCUT2D eigenvalue weighted by atomic mass is 16.5. The summed E-state index contributed by atoms with van der Waals surface area (Å²) < 4.78 is 5.44. The quantitative estimate of drug-likeness (QED) is 0.280. The third-order valence-electron chi connectivity index (χ3n) is 5.23. The molecule has 4 heteroatoms. The van der Waals surface area contributed by atoms with Crippen molar-refractivity contribution >= 4 is 11.9 Å². The van der Waals surface area contributed by atoms with Crippen LogP contribution in [0.5, 0.6) is 0 Å². The first-order chi connectivity index (χ1) is 14.0. The third-order valence-corrected chi connectivity index (χ3v) is 5.23. The molecule has 0 bridgehead atoms. The first-order valence-electron chi connectivity index (χ1n) is 11.5. The summed E-state index contributed by atoms with van der Waals surface area (Å²) in [6.07, 6.45) is 12.5. The topological polar surface area (TPSA) is 55.4 Å². The maximum atomic E-state index is 12.5. The van der Waals surface area contributed by atoms with E-state index in [9.17, 15) is 9.59 Å². The van der Waals surface area contributed by atoms with Crippen LogP contribution in [0, 0.1) is 12.8 Å². The highest BCUT2D eigenvalue weighted by Gasteiger charge is 2.26. The van der Waals surface area contributed by atoms with Gasteiger partial charge in [-0.1, -0.05) is 96.3 Å². The zero-order chi connectivity index (χ0) is 21.5. The predicted molar refractivity (Wildman–Crippen MR) is 120 cm³/mol. The molecule has 1 rings (SSSR count). The Balaban J connectivity index is 2.23. The van der Waals surface area contributed by atoms with Crippen LogP contribution < -0.4 is 5.32 Å². The molecule has 0 fully saturated rings. The van der Waals surface area contributed by atoms with Gasteiger partial charge in [0.25, 0.3) is 5.91 Å². The van der Waals surface area contributed by atoms with Crippen LogP contribution in [-0.4, -0.2) is 24.5 Å². The van der Waals surface area contributed by atoms with Gasteiger partial charge in [-0.2, -0.15) is 0 Å². The Labute approximate surface area is 177 Å². The second-order valence-electron chi connectivity index (χ2n) is 8.41. The van der Waals surface area contributed by atoms with E-state index in [1.165, 1.54) is 51.4 Å². The number of unbranched alkanes of at least 4 members (excludes halogenated alkanes) is 9. The highest BCUT2D eigenvalue weighted by Crippen LogP contribution is 2.12. The van der Waals surface area contributed by atoms with Crippen LogP contribution in [0.4, 0.5) is 0 Å². The fourth-order valence-electron chi connectivity index (χ4n) is 3.36. The summed E-state index contributed by atoms with van der Waals surface area (Å²) in [5, 5.41) is 2.84. The van der Waals surface area contributed by atoms with Gasteiger partial charge in [0, 0.05) is 5.56 Å². The molecule has 164 valence electrons. The van der Waals surface area contributed by atoms with Gasteiger partial charge in [-0.05, 0) is 31.4 Å². The zero-order valence-electron chi connectivity index (χ0n) is 19.0. The average molecular weight is 404 g/mol. The molecule has 0 radical (unpaired) electrons. The average Bonchev–Trinajstić information content (AvgIpc) is 2.69. The molecule has 1 amide bonds. The van der Waals surface area contributed by atoms with Gasteiger partial charge in [-0.25, -0.2) is 4.79 Å². The smallest absolute Gasteiger partial charge is 0.328 e. The fourth-order valence-corrected chi connectivity index (χ4v) is 3.36. The molecule has 1 aromatic carbocycles. The molecule has 0 aliphatic rings. The van der Waals surface area contributed by atoms with Crippen molar-refractivity contribution in [2.24, 2.45) is 5.92 Å². The summed E-state index contributed by atoms with van der Waals surface area (Å²) in [5.74, 6) is -0.593. The molecule has 29 heavy (non-hydrogen) atoms. The normalized spacial score (nSPS) is 12.0. The lowest BCUT2D eigenvalue weighted by molar-refractivity contribution is -0.147. The van der Waals surface area contributed by atoms with Gasteiger partial charge in [-0.3, -0.25) is 4.79 Å². The Bertz CT molecular complexity index is 597. The number of nitrogens with one attached hydrogen (secondary N) is 1. The van der Waals surface area contributed by atoms with Crippen molar-refractivity contribution < 1.29 is 14.3 Å². The monoisotopic (exact) mass is 403 g/mol. The van der Waals surface area contributed by atoms with Crippen molar-refractivity contribution in [3.63, 3.8) is 0 Å². The Morgan fingerprint density at radius 1 is 0.931 bits per heavy atom. The van der Waals surface area contributed by atoms with Gasteiger partial charge in [0.2, 0.25) is 0 Å². The Kier molecular flexibility index (Phi) is 13.1. The lowest BCUT2D eigenvalue weighted by Crippen LogP contribution is -2.45. The molecule has 1 atom stereocenters. The minimum absolute atomic E-state index is 0.0241. The Morgan fingerprint density at radius 2 is 1.52 bits per heavy atom. The van der Waals surface area contributed by atoms with Crippen molar-refractivity contribution in [3.05, 3.63) is 35.4 Å². The molecular weight excluding hydrogens is 362 g/mol. The Hall–Kier alpha value is -1.84. The van der Waals surface area contributed by atoms with E-state index in [1.807, 2.05) is 39.0 Å². The van der Waals surface area contributed by atoms with Gasteiger partial charge in [0.1, 0.15) is 6.04 Å². The molecule has 0 saturated carbocycles. The van der Waals surface area contributed by atoms with Crippen molar-refractivity contribution in [1.82, 2.24) is 5.32 Å². The van der Waals surface area contributed by atoms with Gasteiger partial charge in [0.05, 0.1) is 6.61 Å². The number of hydrogen-bond donors (Lipinski definition) is 1. The molecule has 1 N–H and O–H groups in total. The molecular formula is C25H41NO3. The highest BCUT2D eigenvalue weighted by molar-refractivity contribution is 5.97. The zero-order valence-corrected chi connectivity index (χ0v) is 19.0. The molecule has 0 aliphatic carbocycles. The number of benzene rings is 1. The van der Waals surface area contributed by atoms with E-state index in [0.717, 1.165) is 18.4 Å². The second-order valence-corrected chi connectivity index (χ2v) is 8.41. The van der Waals surface area contributed by atoms with E-state index < -0.39 is 6.04 Å². The van der Waals surface area contributed by atoms with Gasteiger partial charge in [0.15, 0.2) is 0 Å². The maximum Gasteiger partial charge on any atom is 0.328 e. The number of esters is 1. The van der Waals surface area contributed by atoms with E-state index in [1.54, 1.807) is 6.07 Å². The maximum absolute atomic E-state index is 12.5. The summed E-state index contributed by atoms with van der Waals surface area (Å²) in [7, 11) is 0. The van der Waals surface area contributed by atoms with Crippen LogP contribution in [0.15, 0.2) is 24.3 Å². The standard InChI is InChI=1S/C25H41NO3/c1-5-6-7-8-9-10-11-12-13-14-18-29-25(28)23(20(2)3)26-24(27)22-17-15-16-21(4)19-22/h15-17,19-20,23H,5-14,18H2,1-4H3,(H,26,27). The molecule has 0 saturated heterocycles. The minimum Gasteiger partial charge on any atom is -0.464 e. The predicted octanol–water partition coefficient (Wildman–Crippen LogP) is 6.21. The van der Waals surface area contributed by atoms with Crippen molar-refractivity contribution in [2.75, 3.05) is 6.61 Å². The van der Waals surface area contributed by atoms with Crippen molar-refractivity contribution in [2.45, 2.75) is 97.9 Å². The molecule has 1 unspecified atom stereocenters. The summed E-state index contributed by atoms with van der Waals surface area (Å²) in [5.41, 5.74) is 1.58. The van der Waals surface area contributed by atoms with Gasteiger partial charge < -0.3 is 10.1 Å². The number of ether oxygens (including phenoxy) is 1. The number of hydrogen-bond acceptors (Lipinski definition) is 3. The van der Waals surface area contributed by atoms with E-state index in [4.69, 9.17) is 4.74 Å². The SMILES string of the molecule is CCCCCCCCCCCCOC(=O)C(NC(=O)c1cccc(C)c1)C(C)C. The van der Waals surface area contributed by atoms with Gasteiger partial charge >= 0.3 is 5.97 Å². The first kappa shape index (κ1) is 25.2. The van der Waals surface area contributed by atoms with Crippen molar-refractivity contribution in [1.29, 1.82) is 0 Å². The van der Waals surface area contributed by atoms with E-state index in [2.05, 4.69) is 12.2 Å². The van der Waals surface area contributed by atoms with E-state index >= 15 is 0 Å². The van der Waals surface area contributed by atoms with E-state index in [-0.39, 0.29) is 17.8 Å². The van der Waals surface area contributed by atoms with Crippen LogP contribution in [-0.2, 0) is 9.53 Å². The summed E-state index contributed by atoms with van der Waals surface area (Å²) in [6.45, 7) is 8.45. The van der Waals surface area contributed by atoms with Crippen LogP contribution in [0.3, 0.4) is 0 Å². The minimum atomic E-state index is -0.619. The van der Waals surface area contributed by atoms with Crippen LogP contribution in [0.25, 0.3) is 0 Å². The molecule has 0 aliphatic heterocycles. The molecule has 0 aromatic heterocycles. The number of aryl methyl sites for hydroxylation is 1. The lowest BCUT2D eigenvalue weighted by atomic mass is 10.0.